The van der Waals surface area contributed by atoms with E-state index in [0.717, 1.165) is 16.7 Å². The van der Waals surface area contributed by atoms with Crippen LogP contribution < -0.4 is 15.1 Å². The molecule has 0 saturated carbocycles. The fourth-order valence-electron chi connectivity index (χ4n) is 4.62. The average Bonchev–Trinajstić information content (AvgIpc) is 2.88. The van der Waals surface area contributed by atoms with Crippen molar-refractivity contribution in [3.05, 3.63) is 120 Å². The zero-order chi connectivity index (χ0) is 25.6. The normalized spacial score (nSPS) is 11.9. The minimum atomic E-state index is -2.71. The summed E-state index contributed by atoms with van der Waals surface area (Å²) in [6.07, 6.45) is 3.45. The highest BCUT2D eigenvalue weighted by atomic mass is 79.9. The molecule has 0 N–H and O–H groups in total. The van der Waals surface area contributed by atoms with Crippen LogP contribution in [0.15, 0.2) is 97.3 Å². The molecular formula is C30H31BrFNO2Si. The zero-order valence-electron chi connectivity index (χ0n) is 20.9. The van der Waals surface area contributed by atoms with E-state index in [9.17, 15) is 4.39 Å². The van der Waals surface area contributed by atoms with Gasteiger partial charge in [0.25, 0.3) is 8.32 Å². The molecule has 0 aliphatic rings. The third kappa shape index (κ3) is 5.94. The molecule has 4 aromatic rings. The van der Waals surface area contributed by atoms with Gasteiger partial charge in [0.15, 0.2) is 0 Å². The van der Waals surface area contributed by atoms with Gasteiger partial charge >= 0.3 is 0 Å². The van der Waals surface area contributed by atoms with Crippen molar-refractivity contribution < 1.29 is 13.6 Å². The summed E-state index contributed by atoms with van der Waals surface area (Å²) in [6.45, 7) is 7.26. The van der Waals surface area contributed by atoms with Gasteiger partial charge in [0.1, 0.15) is 18.2 Å². The fraction of sp³-hybridized carbons (Fsp3) is 0.233. The van der Waals surface area contributed by atoms with Crippen LogP contribution >= 0.6 is 15.9 Å². The van der Waals surface area contributed by atoms with Crippen LogP contribution in [0.5, 0.6) is 5.75 Å². The molecule has 4 rings (SSSR count). The van der Waals surface area contributed by atoms with Gasteiger partial charge in [-0.3, -0.25) is 4.98 Å². The number of alkyl halides is 1. The third-order valence-corrected chi connectivity index (χ3v) is 11.8. The third-order valence-electron chi connectivity index (χ3n) is 6.22. The molecule has 6 heteroatoms. The Labute approximate surface area is 222 Å². The first-order valence-electron chi connectivity index (χ1n) is 12.0. The predicted octanol–water partition coefficient (Wildman–Crippen LogP) is 6.77. The van der Waals surface area contributed by atoms with Gasteiger partial charge < -0.3 is 9.16 Å². The summed E-state index contributed by atoms with van der Waals surface area (Å²) < 4.78 is 27.5. The Morgan fingerprint density at radius 1 is 0.778 bits per heavy atom. The van der Waals surface area contributed by atoms with E-state index < -0.39 is 8.32 Å². The lowest BCUT2D eigenvalue weighted by Gasteiger charge is -2.43. The first-order chi connectivity index (χ1) is 17.3. The number of hydrogen-bond donors (Lipinski definition) is 0. The first kappa shape index (κ1) is 26.3. The Balaban J connectivity index is 1.62. The SMILES string of the molecule is CC(C)(C)[Si](OCc1cc(F)cc(COc2cncc(CBr)c2)c1)(c1ccccc1)c1ccccc1. The number of aromatic nitrogens is 1. The molecule has 0 radical (unpaired) electrons. The second kappa shape index (κ2) is 11.5. The zero-order valence-corrected chi connectivity index (χ0v) is 23.5. The largest absolute Gasteiger partial charge is 0.487 e. The molecule has 3 aromatic carbocycles. The average molecular weight is 565 g/mol. The highest BCUT2D eigenvalue weighted by Crippen LogP contribution is 2.37. The molecular weight excluding hydrogens is 533 g/mol. The van der Waals surface area contributed by atoms with Crippen LogP contribution in [-0.4, -0.2) is 13.3 Å². The van der Waals surface area contributed by atoms with Crippen LogP contribution in [0.25, 0.3) is 0 Å². The van der Waals surface area contributed by atoms with Crippen molar-refractivity contribution in [2.24, 2.45) is 0 Å². The van der Waals surface area contributed by atoms with Crippen LogP contribution in [0.2, 0.25) is 5.04 Å². The molecule has 1 heterocycles. The minimum absolute atomic E-state index is 0.150. The summed E-state index contributed by atoms with van der Waals surface area (Å²) in [6, 6.07) is 27.9. The Hall–Kier alpha value is -2.80. The summed E-state index contributed by atoms with van der Waals surface area (Å²) in [5.74, 6) is 0.353. The Morgan fingerprint density at radius 2 is 1.36 bits per heavy atom. The summed E-state index contributed by atoms with van der Waals surface area (Å²) in [7, 11) is -2.71. The standard InChI is InChI=1S/C30H31BrFNO2Si/c1-30(2,3)36(28-10-6-4-7-11-28,29-12-8-5-9-13-29)35-22-24-14-23(15-26(32)16-24)21-34-27-17-25(18-31)19-33-20-27/h4-17,19-20H,18,21-22H2,1-3H3. The van der Waals surface area contributed by atoms with E-state index >= 15 is 0 Å². The summed E-state index contributed by atoms with van der Waals surface area (Å²) in [5.41, 5.74) is 2.56. The van der Waals surface area contributed by atoms with Crippen molar-refractivity contribution in [1.82, 2.24) is 4.98 Å². The van der Waals surface area contributed by atoms with Gasteiger partial charge in [-0.2, -0.15) is 0 Å². The molecule has 0 spiro atoms. The van der Waals surface area contributed by atoms with E-state index in [1.165, 1.54) is 16.4 Å². The monoisotopic (exact) mass is 563 g/mol. The number of pyridine rings is 1. The maximum Gasteiger partial charge on any atom is 0.261 e. The van der Waals surface area contributed by atoms with Crippen LogP contribution in [0.4, 0.5) is 4.39 Å². The molecule has 0 amide bonds. The van der Waals surface area contributed by atoms with Gasteiger partial charge in [-0.15, -0.1) is 0 Å². The van der Waals surface area contributed by atoms with E-state index in [2.05, 4.69) is 90.2 Å². The molecule has 0 fully saturated rings. The van der Waals surface area contributed by atoms with Gasteiger partial charge in [-0.25, -0.2) is 4.39 Å². The Morgan fingerprint density at radius 3 is 1.92 bits per heavy atom. The molecule has 0 bridgehead atoms. The number of halogens is 2. The van der Waals surface area contributed by atoms with Crippen molar-refractivity contribution in [1.29, 1.82) is 0 Å². The smallest absolute Gasteiger partial charge is 0.261 e. The lowest BCUT2D eigenvalue weighted by Crippen LogP contribution is -2.66. The lowest BCUT2D eigenvalue weighted by molar-refractivity contribution is 0.283. The quantitative estimate of drug-likeness (QED) is 0.166. The highest BCUT2D eigenvalue weighted by Gasteiger charge is 2.50. The van der Waals surface area contributed by atoms with Crippen molar-refractivity contribution >= 4 is 34.6 Å². The second-order valence-corrected chi connectivity index (χ2v) is 14.7. The molecule has 1 aromatic heterocycles. The molecule has 36 heavy (non-hydrogen) atoms. The van der Waals surface area contributed by atoms with Gasteiger partial charge in [0.05, 0.1) is 12.8 Å². The van der Waals surface area contributed by atoms with Crippen molar-refractivity contribution in [2.75, 3.05) is 0 Å². The molecule has 0 unspecified atom stereocenters. The molecule has 0 aliphatic heterocycles. The number of ether oxygens (including phenoxy) is 1. The molecule has 0 aliphatic carbocycles. The first-order valence-corrected chi connectivity index (χ1v) is 15.0. The predicted molar refractivity (Wildman–Crippen MR) is 150 cm³/mol. The van der Waals surface area contributed by atoms with Crippen LogP contribution in [-0.2, 0) is 23.0 Å². The second-order valence-electron chi connectivity index (χ2n) is 9.87. The van der Waals surface area contributed by atoms with E-state index in [1.807, 2.05) is 24.3 Å². The van der Waals surface area contributed by atoms with E-state index in [0.29, 0.717) is 17.7 Å². The number of hydrogen-bond acceptors (Lipinski definition) is 3. The highest BCUT2D eigenvalue weighted by molar-refractivity contribution is 9.08. The Kier molecular flexibility index (Phi) is 8.39. The maximum atomic E-state index is 14.7. The van der Waals surface area contributed by atoms with Crippen molar-refractivity contribution in [3.63, 3.8) is 0 Å². The topological polar surface area (TPSA) is 31.4 Å². The van der Waals surface area contributed by atoms with Gasteiger partial charge in [0, 0.05) is 11.5 Å². The van der Waals surface area contributed by atoms with Crippen molar-refractivity contribution in [2.45, 2.75) is 44.4 Å². The molecule has 0 saturated heterocycles. The Bertz CT molecular complexity index is 1240. The van der Waals surface area contributed by atoms with Gasteiger partial charge in [-0.05, 0) is 56.4 Å². The summed E-state index contributed by atoms with van der Waals surface area (Å²) >= 11 is 3.43. The van der Waals surface area contributed by atoms with E-state index in [-0.39, 0.29) is 17.5 Å². The van der Waals surface area contributed by atoms with Gasteiger partial charge in [0.2, 0.25) is 0 Å². The van der Waals surface area contributed by atoms with Crippen LogP contribution in [0.1, 0.15) is 37.5 Å². The number of nitrogens with zero attached hydrogens (tertiary/aromatic N) is 1. The number of benzene rings is 3. The van der Waals surface area contributed by atoms with E-state index in [1.54, 1.807) is 18.5 Å². The summed E-state index contributed by atoms with van der Waals surface area (Å²) in [4.78, 5) is 4.20. The number of rotatable bonds is 9. The van der Waals surface area contributed by atoms with Gasteiger partial charge in [-0.1, -0.05) is 97.4 Å². The molecule has 0 atom stereocenters. The minimum Gasteiger partial charge on any atom is -0.487 e. The maximum absolute atomic E-state index is 14.7. The molecule has 3 nitrogen and oxygen atoms in total. The van der Waals surface area contributed by atoms with Crippen LogP contribution in [0.3, 0.4) is 0 Å². The summed E-state index contributed by atoms with van der Waals surface area (Å²) in [5, 5.41) is 2.94. The van der Waals surface area contributed by atoms with Crippen LogP contribution in [0, 0.1) is 5.82 Å². The molecule has 186 valence electrons. The lowest BCUT2D eigenvalue weighted by atomic mass is 10.1. The van der Waals surface area contributed by atoms with E-state index in [4.69, 9.17) is 9.16 Å². The van der Waals surface area contributed by atoms with Crippen molar-refractivity contribution in [3.8, 4) is 5.75 Å². The fourth-order valence-corrected chi connectivity index (χ4v) is 9.46.